The molecule has 0 spiro atoms. The van der Waals surface area contributed by atoms with Crippen LogP contribution in [-0.2, 0) is 13.0 Å². The van der Waals surface area contributed by atoms with Gasteiger partial charge in [0, 0.05) is 50.5 Å². The first-order valence-electron chi connectivity index (χ1n) is 14.9. The summed E-state index contributed by atoms with van der Waals surface area (Å²) in [5, 5.41) is 13.4. The van der Waals surface area contributed by atoms with Crippen LogP contribution in [0.25, 0.3) is 32.6 Å². The van der Waals surface area contributed by atoms with Gasteiger partial charge in [-0.1, -0.05) is 104 Å². The lowest BCUT2D eigenvalue weighted by Crippen LogP contribution is -2.03. The molecule has 0 unspecified atom stereocenters. The maximum Gasteiger partial charge on any atom is 0.193 e. The Morgan fingerprint density at radius 2 is 1.16 bits per heavy atom. The summed E-state index contributed by atoms with van der Waals surface area (Å²) >= 11 is 0. The molecule has 0 bridgehead atoms. The Morgan fingerprint density at radius 1 is 0.568 bits per heavy atom. The molecule has 0 saturated carbocycles. The minimum atomic E-state index is 0.00197. The van der Waals surface area contributed by atoms with Gasteiger partial charge in [-0.15, -0.1) is 0 Å². The summed E-state index contributed by atoms with van der Waals surface area (Å²) in [6.45, 7) is 5.06. The van der Waals surface area contributed by atoms with Gasteiger partial charge in [0.25, 0.3) is 0 Å². The molecule has 7 rings (SSSR count). The molecule has 0 radical (unpaired) electrons. The first kappa shape index (κ1) is 28.6. The molecule has 7 aromatic rings. The van der Waals surface area contributed by atoms with Crippen LogP contribution in [0.4, 0.5) is 0 Å². The van der Waals surface area contributed by atoms with Gasteiger partial charge in [0.05, 0.1) is 5.52 Å². The Kier molecular flexibility index (Phi) is 8.07. The van der Waals surface area contributed by atoms with E-state index in [1.807, 2.05) is 127 Å². The molecule has 1 aromatic heterocycles. The number of aromatic hydroxyl groups is 1. The SMILES string of the molecule is CCc1cc(C(=O)c2ccccc2)cc2c3cc(C(=O)c4ccccc4)ccc3n(CC)c12.Oc1cccc2ccccc12. The predicted octanol–water partition coefficient (Wildman–Crippen LogP) is 9.38. The number of carbonyl (C=O) groups is 2. The lowest BCUT2D eigenvalue weighted by atomic mass is 9.96. The van der Waals surface area contributed by atoms with Crippen molar-refractivity contribution in [2.24, 2.45) is 0 Å². The number of phenols is 1. The third-order valence-electron chi connectivity index (χ3n) is 8.10. The topological polar surface area (TPSA) is 59.3 Å². The summed E-state index contributed by atoms with van der Waals surface area (Å²) in [7, 11) is 0. The lowest BCUT2D eigenvalue weighted by Gasteiger charge is -2.10. The molecular weight excluding hydrogens is 542 g/mol. The van der Waals surface area contributed by atoms with Crippen molar-refractivity contribution in [3.8, 4) is 5.75 Å². The number of ketones is 2. The third-order valence-corrected chi connectivity index (χ3v) is 8.10. The van der Waals surface area contributed by atoms with Crippen LogP contribution in [-0.4, -0.2) is 21.2 Å². The van der Waals surface area contributed by atoms with E-state index in [0.717, 1.165) is 51.1 Å². The van der Waals surface area contributed by atoms with Crippen LogP contribution in [0.2, 0.25) is 0 Å². The third kappa shape index (κ3) is 5.38. The smallest absolute Gasteiger partial charge is 0.193 e. The van der Waals surface area contributed by atoms with E-state index in [1.54, 1.807) is 6.07 Å². The molecule has 0 aliphatic rings. The Balaban J connectivity index is 0.000000261. The molecule has 0 saturated heterocycles. The zero-order valence-electron chi connectivity index (χ0n) is 24.8. The predicted molar refractivity (Wildman–Crippen MR) is 180 cm³/mol. The van der Waals surface area contributed by atoms with Crippen LogP contribution >= 0.6 is 0 Å². The fraction of sp³-hybridized carbons (Fsp3) is 0.100. The zero-order valence-corrected chi connectivity index (χ0v) is 24.8. The van der Waals surface area contributed by atoms with E-state index in [1.165, 1.54) is 0 Å². The molecule has 0 aliphatic carbocycles. The van der Waals surface area contributed by atoms with Crippen LogP contribution in [0, 0.1) is 0 Å². The quantitative estimate of drug-likeness (QED) is 0.201. The number of fused-ring (bicyclic) bond motifs is 4. The molecular formula is C40H33NO3. The molecule has 0 amide bonds. The standard InChI is InChI=1S/C30H25NO2.C10H8O/c1-3-20-17-24(30(33)22-13-9-6-10-14-22)19-26-25-18-23(29(32)21-11-7-5-8-12-21)15-16-27(25)31(4-2)28(20)26;11-10-7-3-5-8-4-1-2-6-9(8)10/h5-19H,3-4H2,1-2H3;1-7,11H. The van der Waals surface area contributed by atoms with E-state index in [9.17, 15) is 14.7 Å². The van der Waals surface area contributed by atoms with Crippen molar-refractivity contribution in [3.05, 3.63) is 161 Å². The van der Waals surface area contributed by atoms with Gasteiger partial charge >= 0.3 is 0 Å². The second-order valence-corrected chi connectivity index (χ2v) is 10.7. The number of rotatable bonds is 6. The molecule has 44 heavy (non-hydrogen) atoms. The van der Waals surface area contributed by atoms with Crippen molar-refractivity contribution < 1.29 is 14.7 Å². The number of aryl methyl sites for hydroxylation is 2. The highest BCUT2D eigenvalue weighted by atomic mass is 16.3. The number of benzene rings is 6. The molecule has 0 atom stereocenters. The summed E-state index contributed by atoms with van der Waals surface area (Å²) in [4.78, 5) is 26.4. The number of hydrogen-bond donors (Lipinski definition) is 1. The zero-order chi connectivity index (χ0) is 30.6. The Morgan fingerprint density at radius 3 is 1.80 bits per heavy atom. The highest BCUT2D eigenvalue weighted by Gasteiger charge is 2.19. The van der Waals surface area contributed by atoms with Crippen molar-refractivity contribution in [1.29, 1.82) is 0 Å². The van der Waals surface area contributed by atoms with Crippen molar-refractivity contribution in [2.45, 2.75) is 26.8 Å². The van der Waals surface area contributed by atoms with Gasteiger partial charge < -0.3 is 9.67 Å². The summed E-state index contributed by atoms with van der Waals surface area (Å²) in [5.74, 6) is 0.367. The van der Waals surface area contributed by atoms with E-state index >= 15 is 0 Å². The fourth-order valence-corrected chi connectivity index (χ4v) is 5.92. The average molecular weight is 576 g/mol. The maximum atomic E-state index is 13.3. The molecule has 216 valence electrons. The summed E-state index contributed by atoms with van der Waals surface area (Å²) in [6, 6.07) is 42.0. The van der Waals surface area contributed by atoms with Crippen LogP contribution in [0.1, 0.15) is 51.3 Å². The first-order valence-corrected chi connectivity index (χ1v) is 14.9. The van der Waals surface area contributed by atoms with Crippen LogP contribution in [0.5, 0.6) is 5.75 Å². The Hall–Kier alpha value is -5.48. The lowest BCUT2D eigenvalue weighted by molar-refractivity contribution is 0.103. The summed E-state index contributed by atoms with van der Waals surface area (Å²) < 4.78 is 2.29. The van der Waals surface area contributed by atoms with Gasteiger partial charge in [-0.3, -0.25) is 9.59 Å². The van der Waals surface area contributed by atoms with Crippen LogP contribution < -0.4 is 0 Å². The highest BCUT2D eigenvalue weighted by molar-refractivity contribution is 6.17. The number of carbonyl (C=O) groups excluding carboxylic acids is 2. The Bertz CT molecular complexity index is 2120. The van der Waals surface area contributed by atoms with E-state index < -0.39 is 0 Å². The largest absolute Gasteiger partial charge is 0.507 e. The van der Waals surface area contributed by atoms with Crippen molar-refractivity contribution >= 4 is 44.1 Å². The normalized spacial score (nSPS) is 11.0. The first-order chi connectivity index (χ1) is 21.5. The molecule has 6 aromatic carbocycles. The van der Waals surface area contributed by atoms with Gasteiger partial charge in [0.2, 0.25) is 0 Å². The van der Waals surface area contributed by atoms with E-state index in [2.05, 4.69) is 18.4 Å². The minimum Gasteiger partial charge on any atom is -0.507 e. The van der Waals surface area contributed by atoms with E-state index in [4.69, 9.17) is 0 Å². The number of phenolic OH excluding ortho intramolecular Hbond substituents is 1. The maximum absolute atomic E-state index is 13.3. The second-order valence-electron chi connectivity index (χ2n) is 10.7. The van der Waals surface area contributed by atoms with Gasteiger partial charge in [-0.05, 0) is 60.7 Å². The van der Waals surface area contributed by atoms with Gasteiger partial charge in [0.1, 0.15) is 5.75 Å². The molecule has 4 nitrogen and oxygen atoms in total. The van der Waals surface area contributed by atoms with Crippen molar-refractivity contribution in [3.63, 3.8) is 0 Å². The van der Waals surface area contributed by atoms with Gasteiger partial charge in [0.15, 0.2) is 11.6 Å². The number of nitrogens with zero attached hydrogens (tertiary/aromatic N) is 1. The molecule has 0 fully saturated rings. The number of aromatic nitrogens is 1. The molecule has 4 heteroatoms. The minimum absolute atomic E-state index is 0.00197. The fourth-order valence-electron chi connectivity index (χ4n) is 5.92. The molecule has 0 aliphatic heterocycles. The van der Waals surface area contributed by atoms with Crippen LogP contribution in [0.15, 0.2) is 133 Å². The van der Waals surface area contributed by atoms with E-state index in [-0.39, 0.29) is 11.6 Å². The van der Waals surface area contributed by atoms with Crippen molar-refractivity contribution in [1.82, 2.24) is 4.57 Å². The van der Waals surface area contributed by atoms with Gasteiger partial charge in [-0.25, -0.2) is 0 Å². The van der Waals surface area contributed by atoms with Gasteiger partial charge in [-0.2, -0.15) is 0 Å². The Labute approximate surface area is 256 Å². The second kappa shape index (κ2) is 12.4. The summed E-state index contributed by atoms with van der Waals surface area (Å²) in [5.41, 5.74) is 6.05. The summed E-state index contributed by atoms with van der Waals surface area (Å²) in [6.07, 6.45) is 0.818. The van der Waals surface area contributed by atoms with E-state index in [0.29, 0.717) is 28.0 Å². The molecule has 1 heterocycles. The molecule has 1 N–H and O–H groups in total. The highest BCUT2D eigenvalue weighted by Crippen LogP contribution is 2.34. The van der Waals surface area contributed by atoms with Crippen molar-refractivity contribution in [2.75, 3.05) is 0 Å². The number of hydrogen-bond acceptors (Lipinski definition) is 3. The monoisotopic (exact) mass is 575 g/mol. The van der Waals surface area contributed by atoms with Crippen LogP contribution in [0.3, 0.4) is 0 Å². The average Bonchev–Trinajstić information content (AvgIpc) is 3.41.